The number of aromatic nitrogens is 1. The molecule has 0 saturated carbocycles. The Labute approximate surface area is 70.7 Å². The zero-order valence-corrected chi connectivity index (χ0v) is 7.44. The summed E-state index contributed by atoms with van der Waals surface area (Å²) >= 11 is 3.75. The fraction of sp³-hybridized carbons (Fsp3) is 0.200. The molecule has 0 N–H and O–H groups in total. The van der Waals surface area contributed by atoms with Crippen molar-refractivity contribution in [2.24, 2.45) is 0 Å². The molecule has 1 heterocycles. The van der Waals surface area contributed by atoms with Gasteiger partial charge in [-0.15, -0.1) is 11.3 Å². The predicted molar refractivity (Wildman–Crippen MR) is 44.1 cm³/mol. The van der Waals surface area contributed by atoms with Gasteiger partial charge in [0.1, 0.15) is 5.01 Å². The molecule has 0 bridgehead atoms. The highest BCUT2D eigenvalue weighted by molar-refractivity contribution is 14.1. The van der Waals surface area contributed by atoms with Crippen LogP contribution in [-0.4, -0.2) is 4.98 Å². The summed E-state index contributed by atoms with van der Waals surface area (Å²) in [5.74, 6) is 0. The van der Waals surface area contributed by atoms with E-state index in [1.165, 1.54) is 0 Å². The minimum absolute atomic E-state index is 0.438. The molecule has 0 unspecified atom stereocenters. The Bertz CT molecular complexity index is 237. The Balaban J connectivity index is 2.76. The number of hydrogen-bond acceptors (Lipinski definition) is 3. The molecular weight excluding hydrogens is 247 g/mol. The van der Waals surface area contributed by atoms with Crippen molar-refractivity contribution < 1.29 is 0 Å². The number of halogens is 1. The highest BCUT2D eigenvalue weighted by atomic mass is 127. The molecule has 0 spiro atoms. The van der Waals surface area contributed by atoms with E-state index in [0.717, 1.165) is 7.89 Å². The zero-order chi connectivity index (χ0) is 6.69. The van der Waals surface area contributed by atoms with Gasteiger partial charge in [-0.05, 0) is 22.6 Å². The summed E-state index contributed by atoms with van der Waals surface area (Å²) in [6.07, 6.45) is 2.21. The third-order valence-corrected chi connectivity index (χ3v) is 2.48. The van der Waals surface area contributed by atoms with Gasteiger partial charge in [0.05, 0.1) is 21.6 Å². The highest BCUT2D eigenvalue weighted by Crippen LogP contribution is 2.14. The number of rotatable bonds is 1. The van der Waals surface area contributed by atoms with Gasteiger partial charge in [-0.2, -0.15) is 5.26 Å². The van der Waals surface area contributed by atoms with E-state index >= 15 is 0 Å². The summed E-state index contributed by atoms with van der Waals surface area (Å²) in [7, 11) is 0. The van der Waals surface area contributed by atoms with Crippen molar-refractivity contribution in [1.29, 1.82) is 5.26 Å². The molecule has 2 nitrogen and oxygen atoms in total. The third-order valence-electron chi connectivity index (χ3n) is 0.756. The highest BCUT2D eigenvalue weighted by Gasteiger charge is 1.95. The smallest absolute Gasteiger partial charge is 0.108 e. The molecule has 46 valence electrons. The van der Waals surface area contributed by atoms with E-state index in [-0.39, 0.29) is 0 Å². The minimum atomic E-state index is 0.438. The van der Waals surface area contributed by atoms with Crippen LogP contribution in [-0.2, 0) is 6.42 Å². The SMILES string of the molecule is N#CCc1ncc(I)s1. The van der Waals surface area contributed by atoms with Crippen molar-refractivity contribution in [3.05, 3.63) is 14.1 Å². The van der Waals surface area contributed by atoms with Crippen molar-refractivity contribution in [2.75, 3.05) is 0 Å². The van der Waals surface area contributed by atoms with Crippen molar-refractivity contribution in [2.45, 2.75) is 6.42 Å². The van der Waals surface area contributed by atoms with Crippen LogP contribution < -0.4 is 0 Å². The standard InChI is InChI=1S/C5H3IN2S/c6-4-3-8-5(9-4)1-2-7/h3H,1H2. The molecule has 1 aromatic heterocycles. The summed E-state index contributed by atoms with van der Waals surface area (Å²) in [5.41, 5.74) is 0. The van der Waals surface area contributed by atoms with Crippen LogP contribution >= 0.6 is 33.9 Å². The van der Waals surface area contributed by atoms with Crippen molar-refractivity contribution >= 4 is 33.9 Å². The van der Waals surface area contributed by atoms with E-state index in [1.807, 2.05) is 6.07 Å². The van der Waals surface area contributed by atoms with E-state index in [2.05, 4.69) is 27.6 Å². The van der Waals surface area contributed by atoms with Crippen LogP contribution in [0.25, 0.3) is 0 Å². The topological polar surface area (TPSA) is 36.7 Å². The summed E-state index contributed by atoms with van der Waals surface area (Å²) in [6, 6.07) is 2.04. The number of hydrogen-bond donors (Lipinski definition) is 0. The van der Waals surface area contributed by atoms with Crippen LogP contribution in [0.3, 0.4) is 0 Å². The quantitative estimate of drug-likeness (QED) is 0.713. The lowest BCUT2D eigenvalue weighted by molar-refractivity contribution is 1.19. The number of nitrogens with zero attached hydrogens (tertiary/aromatic N) is 2. The largest absolute Gasteiger partial charge is 0.247 e. The fourth-order valence-electron chi connectivity index (χ4n) is 0.437. The van der Waals surface area contributed by atoms with Gasteiger partial charge in [0.15, 0.2) is 0 Å². The van der Waals surface area contributed by atoms with Crippen LogP contribution in [0.4, 0.5) is 0 Å². The lowest BCUT2D eigenvalue weighted by Gasteiger charge is -1.75. The van der Waals surface area contributed by atoms with Crippen LogP contribution in [0, 0.1) is 14.2 Å². The molecule has 4 heteroatoms. The van der Waals surface area contributed by atoms with E-state index in [4.69, 9.17) is 5.26 Å². The average Bonchev–Trinajstić information content (AvgIpc) is 2.17. The van der Waals surface area contributed by atoms with E-state index < -0.39 is 0 Å². The Morgan fingerprint density at radius 3 is 3.11 bits per heavy atom. The summed E-state index contributed by atoms with van der Waals surface area (Å²) in [5, 5.41) is 9.15. The van der Waals surface area contributed by atoms with Gasteiger partial charge >= 0.3 is 0 Å². The molecule has 0 aliphatic carbocycles. The Kier molecular flexibility index (Phi) is 2.42. The molecule has 0 aliphatic heterocycles. The third kappa shape index (κ3) is 1.91. The first-order valence-electron chi connectivity index (χ1n) is 2.30. The Morgan fingerprint density at radius 2 is 2.67 bits per heavy atom. The van der Waals surface area contributed by atoms with Gasteiger partial charge < -0.3 is 0 Å². The molecule has 0 amide bonds. The first kappa shape index (κ1) is 6.96. The van der Waals surface area contributed by atoms with Gasteiger partial charge in [0, 0.05) is 0 Å². The van der Waals surface area contributed by atoms with Crippen LogP contribution in [0.2, 0.25) is 0 Å². The molecule has 0 saturated heterocycles. The maximum absolute atomic E-state index is 8.24. The first-order valence-corrected chi connectivity index (χ1v) is 4.19. The maximum Gasteiger partial charge on any atom is 0.108 e. The molecule has 1 aromatic rings. The van der Waals surface area contributed by atoms with Gasteiger partial charge in [-0.1, -0.05) is 0 Å². The van der Waals surface area contributed by atoms with Crippen LogP contribution in [0.1, 0.15) is 5.01 Å². The minimum Gasteiger partial charge on any atom is -0.247 e. The Hall–Kier alpha value is -0.150. The fourth-order valence-corrected chi connectivity index (χ4v) is 1.91. The molecule has 0 aromatic carbocycles. The summed E-state index contributed by atoms with van der Waals surface area (Å²) < 4.78 is 1.14. The lowest BCUT2D eigenvalue weighted by Crippen LogP contribution is -1.74. The normalized spacial score (nSPS) is 8.89. The second kappa shape index (κ2) is 3.13. The molecule has 1 rings (SSSR count). The van der Waals surface area contributed by atoms with Gasteiger partial charge in [-0.25, -0.2) is 4.98 Å². The molecule has 0 fully saturated rings. The van der Waals surface area contributed by atoms with Crippen LogP contribution in [0.5, 0.6) is 0 Å². The maximum atomic E-state index is 8.24. The molecular formula is C5H3IN2S. The monoisotopic (exact) mass is 250 g/mol. The first-order chi connectivity index (χ1) is 4.33. The van der Waals surface area contributed by atoms with Gasteiger partial charge in [-0.3, -0.25) is 0 Å². The summed E-state index contributed by atoms with van der Waals surface area (Å²) in [4.78, 5) is 3.99. The molecule has 0 atom stereocenters. The predicted octanol–water partition coefficient (Wildman–Crippen LogP) is 1.81. The Morgan fingerprint density at radius 1 is 1.89 bits per heavy atom. The van der Waals surface area contributed by atoms with Gasteiger partial charge in [0.25, 0.3) is 0 Å². The zero-order valence-electron chi connectivity index (χ0n) is 4.47. The second-order valence-electron chi connectivity index (χ2n) is 1.39. The van der Waals surface area contributed by atoms with E-state index in [0.29, 0.717) is 6.42 Å². The molecule has 0 radical (unpaired) electrons. The number of nitriles is 1. The second-order valence-corrected chi connectivity index (χ2v) is 4.40. The summed E-state index contributed by atoms with van der Waals surface area (Å²) in [6.45, 7) is 0. The van der Waals surface area contributed by atoms with E-state index in [1.54, 1.807) is 17.5 Å². The molecule has 0 aliphatic rings. The van der Waals surface area contributed by atoms with E-state index in [9.17, 15) is 0 Å². The van der Waals surface area contributed by atoms with Crippen molar-refractivity contribution in [3.8, 4) is 6.07 Å². The van der Waals surface area contributed by atoms with Crippen molar-refractivity contribution in [1.82, 2.24) is 4.98 Å². The molecule has 9 heavy (non-hydrogen) atoms. The number of thiazole rings is 1. The average molecular weight is 250 g/mol. The van der Waals surface area contributed by atoms with Crippen molar-refractivity contribution in [3.63, 3.8) is 0 Å². The lowest BCUT2D eigenvalue weighted by atomic mass is 10.5. The van der Waals surface area contributed by atoms with Gasteiger partial charge in [0.2, 0.25) is 0 Å². The van der Waals surface area contributed by atoms with Crippen LogP contribution in [0.15, 0.2) is 6.20 Å².